The number of thioether (sulfide) groups is 1. The molecule has 5 nitrogen and oxygen atoms in total. The van der Waals surface area contributed by atoms with Gasteiger partial charge in [-0.2, -0.15) is 0 Å². The predicted molar refractivity (Wildman–Crippen MR) is 96.4 cm³/mol. The van der Waals surface area contributed by atoms with Crippen molar-refractivity contribution in [2.45, 2.75) is 26.7 Å². The predicted octanol–water partition coefficient (Wildman–Crippen LogP) is 4.23. The summed E-state index contributed by atoms with van der Waals surface area (Å²) < 4.78 is 10.6. The summed E-state index contributed by atoms with van der Waals surface area (Å²) in [6.07, 6.45) is 1.63. The first-order valence-electron chi connectivity index (χ1n) is 7.83. The maximum atomic E-state index is 12.5. The lowest BCUT2D eigenvalue weighted by Gasteiger charge is -2.20. The zero-order valence-electron chi connectivity index (χ0n) is 13.7. The van der Waals surface area contributed by atoms with Crippen LogP contribution in [0.25, 0.3) is 0 Å². The molecule has 1 aliphatic rings. The van der Waals surface area contributed by atoms with Crippen molar-refractivity contribution in [3.8, 4) is 0 Å². The smallest absolute Gasteiger partial charge is 0.339 e. The molecule has 1 heterocycles. The Hall–Kier alpha value is -1.66. The lowest BCUT2D eigenvalue weighted by molar-refractivity contribution is -0.112. The first-order valence-corrected chi connectivity index (χ1v) is 9.19. The maximum Gasteiger partial charge on any atom is 0.339 e. The molecule has 1 aromatic carbocycles. The van der Waals surface area contributed by atoms with E-state index in [9.17, 15) is 9.59 Å². The van der Waals surface area contributed by atoms with Gasteiger partial charge in [0.25, 0.3) is 5.91 Å². The van der Waals surface area contributed by atoms with Gasteiger partial charge in [0.2, 0.25) is 0 Å². The van der Waals surface area contributed by atoms with Crippen molar-refractivity contribution >= 4 is 40.9 Å². The van der Waals surface area contributed by atoms with Crippen molar-refractivity contribution in [1.29, 1.82) is 0 Å². The molecule has 0 bridgehead atoms. The molecule has 0 saturated heterocycles. The Labute approximate surface area is 150 Å². The highest BCUT2D eigenvalue weighted by Crippen LogP contribution is 2.30. The van der Waals surface area contributed by atoms with Crippen LogP contribution < -0.4 is 5.32 Å². The summed E-state index contributed by atoms with van der Waals surface area (Å²) in [5.41, 5.74) is 0.716. The molecular weight excluding hydrogens is 350 g/mol. The van der Waals surface area contributed by atoms with Gasteiger partial charge in [-0.3, -0.25) is 4.79 Å². The molecule has 0 fully saturated rings. The van der Waals surface area contributed by atoms with E-state index in [-0.39, 0.29) is 23.1 Å². The van der Waals surface area contributed by atoms with Crippen LogP contribution in [-0.2, 0) is 14.3 Å². The number of hydrogen-bond donors (Lipinski definition) is 1. The molecule has 0 aliphatic carbocycles. The highest BCUT2D eigenvalue weighted by atomic mass is 35.5. The minimum absolute atomic E-state index is 0.228. The molecule has 130 valence electrons. The molecule has 0 radical (unpaired) electrons. The number of carbonyl (C=O) groups is 2. The zero-order chi connectivity index (χ0) is 17.5. The first-order chi connectivity index (χ1) is 11.6. The number of amides is 1. The van der Waals surface area contributed by atoms with E-state index in [2.05, 4.69) is 5.32 Å². The third-order valence-electron chi connectivity index (χ3n) is 3.26. The van der Waals surface area contributed by atoms with E-state index in [1.54, 1.807) is 19.1 Å². The van der Waals surface area contributed by atoms with Crippen LogP contribution in [0, 0.1) is 0 Å². The van der Waals surface area contributed by atoms with E-state index in [0.29, 0.717) is 17.2 Å². The number of anilines is 1. The molecule has 1 aliphatic heterocycles. The van der Waals surface area contributed by atoms with Crippen LogP contribution in [-0.4, -0.2) is 30.8 Å². The number of ether oxygens (including phenoxy) is 2. The molecule has 1 amide bonds. The first kappa shape index (κ1) is 18.7. The third-order valence-corrected chi connectivity index (χ3v) is 4.66. The van der Waals surface area contributed by atoms with Crippen LogP contribution >= 0.6 is 23.4 Å². The fraction of sp³-hybridized carbons (Fsp3) is 0.412. The SMILES string of the molecule is CCCC1=C(C(=O)Nc2ccc(Cl)c(C(=O)OCC)c2)SCCO1. The molecule has 2 rings (SSSR count). The molecule has 1 aromatic rings. The number of rotatable bonds is 6. The molecule has 0 atom stereocenters. The van der Waals surface area contributed by atoms with Crippen LogP contribution in [0.5, 0.6) is 0 Å². The van der Waals surface area contributed by atoms with Gasteiger partial charge in [-0.25, -0.2) is 4.79 Å². The van der Waals surface area contributed by atoms with Crippen molar-refractivity contribution in [1.82, 2.24) is 0 Å². The number of carbonyl (C=O) groups excluding carboxylic acids is 2. The van der Waals surface area contributed by atoms with E-state index in [1.165, 1.54) is 17.8 Å². The summed E-state index contributed by atoms with van der Waals surface area (Å²) in [7, 11) is 0. The van der Waals surface area contributed by atoms with Crippen molar-refractivity contribution < 1.29 is 19.1 Å². The number of allylic oxidation sites excluding steroid dienone is 1. The van der Waals surface area contributed by atoms with Crippen LogP contribution in [0.3, 0.4) is 0 Å². The van der Waals surface area contributed by atoms with Gasteiger partial charge in [-0.1, -0.05) is 18.5 Å². The topological polar surface area (TPSA) is 64.6 Å². The van der Waals surface area contributed by atoms with Crippen molar-refractivity contribution in [3.05, 3.63) is 39.4 Å². The molecule has 0 spiro atoms. The number of hydrogen-bond acceptors (Lipinski definition) is 5. The average molecular weight is 370 g/mol. The van der Waals surface area contributed by atoms with Crippen LogP contribution in [0.15, 0.2) is 28.9 Å². The summed E-state index contributed by atoms with van der Waals surface area (Å²) in [4.78, 5) is 25.0. The van der Waals surface area contributed by atoms with Crippen LogP contribution in [0.2, 0.25) is 5.02 Å². The van der Waals surface area contributed by atoms with Gasteiger partial charge < -0.3 is 14.8 Å². The van der Waals surface area contributed by atoms with E-state index >= 15 is 0 Å². The lowest BCUT2D eigenvalue weighted by atomic mass is 10.2. The Morgan fingerprint density at radius 2 is 2.17 bits per heavy atom. The Morgan fingerprint density at radius 3 is 2.88 bits per heavy atom. The van der Waals surface area contributed by atoms with Gasteiger partial charge in [-0.05, 0) is 31.5 Å². The van der Waals surface area contributed by atoms with Crippen molar-refractivity contribution in [2.75, 3.05) is 24.3 Å². The zero-order valence-corrected chi connectivity index (χ0v) is 15.3. The fourth-order valence-electron chi connectivity index (χ4n) is 2.22. The standard InChI is InChI=1S/C17H20ClNO4S/c1-3-5-14-15(24-9-8-23-14)16(20)19-11-6-7-13(18)12(10-11)17(21)22-4-2/h6-7,10H,3-5,8-9H2,1-2H3,(H,19,20). The van der Waals surface area contributed by atoms with Gasteiger partial charge in [0, 0.05) is 17.9 Å². The minimum atomic E-state index is -0.514. The Morgan fingerprint density at radius 1 is 1.38 bits per heavy atom. The van der Waals surface area contributed by atoms with Crippen LogP contribution in [0.1, 0.15) is 37.0 Å². The Balaban J connectivity index is 2.19. The second-order valence-electron chi connectivity index (χ2n) is 5.07. The van der Waals surface area contributed by atoms with E-state index in [0.717, 1.165) is 24.4 Å². The normalized spacial score (nSPS) is 14.1. The third kappa shape index (κ3) is 4.68. The molecule has 0 aromatic heterocycles. The highest BCUT2D eigenvalue weighted by Gasteiger charge is 2.21. The van der Waals surface area contributed by atoms with E-state index < -0.39 is 5.97 Å². The Kier molecular flexibility index (Phi) is 6.99. The summed E-state index contributed by atoms with van der Waals surface area (Å²) in [5, 5.41) is 3.09. The minimum Gasteiger partial charge on any atom is -0.496 e. The molecule has 0 unspecified atom stereocenters. The summed E-state index contributed by atoms with van der Waals surface area (Å²) in [6, 6.07) is 4.74. The summed E-state index contributed by atoms with van der Waals surface area (Å²) >= 11 is 7.51. The number of esters is 1. The second kappa shape index (κ2) is 8.99. The highest BCUT2D eigenvalue weighted by molar-refractivity contribution is 8.04. The van der Waals surface area contributed by atoms with E-state index in [4.69, 9.17) is 21.1 Å². The maximum absolute atomic E-state index is 12.5. The lowest BCUT2D eigenvalue weighted by Crippen LogP contribution is -2.19. The van der Waals surface area contributed by atoms with Gasteiger partial charge in [0.05, 0.1) is 23.8 Å². The summed E-state index contributed by atoms with van der Waals surface area (Å²) in [5.74, 6) is 0.718. The monoisotopic (exact) mass is 369 g/mol. The largest absolute Gasteiger partial charge is 0.496 e. The molecule has 0 saturated carbocycles. The van der Waals surface area contributed by atoms with Gasteiger partial charge in [0.15, 0.2) is 0 Å². The van der Waals surface area contributed by atoms with Gasteiger partial charge in [-0.15, -0.1) is 11.8 Å². The second-order valence-corrected chi connectivity index (χ2v) is 6.58. The molecule has 7 heteroatoms. The molecule has 1 N–H and O–H groups in total. The molecule has 24 heavy (non-hydrogen) atoms. The van der Waals surface area contributed by atoms with Gasteiger partial charge >= 0.3 is 5.97 Å². The number of benzene rings is 1. The van der Waals surface area contributed by atoms with Gasteiger partial charge in [0.1, 0.15) is 10.7 Å². The fourth-order valence-corrected chi connectivity index (χ4v) is 3.29. The quantitative estimate of drug-likeness (QED) is 0.760. The Bertz CT molecular complexity index is 660. The average Bonchev–Trinajstić information content (AvgIpc) is 2.57. The van der Waals surface area contributed by atoms with Crippen molar-refractivity contribution in [2.24, 2.45) is 0 Å². The number of nitrogens with one attached hydrogen (secondary N) is 1. The molecular formula is C17H20ClNO4S. The number of halogens is 1. The van der Waals surface area contributed by atoms with Crippen molar-refractivity contribution in [3.63, 3.8) is 0 Å². The van der Waals surface area contributed by atoms with E-state index in [1.807, 2.05) is 6.92 Å². The van der Waals surface area contributed by atoms with Crippen LogP contribution in [0.4, 0.5) is 5.69 Å². The summed E-state index contributed by atoms with van der Waals surface area (Å²) in [6.45, 7) is 4.63.